The molecule has 17 heavy (non-hydrogen) atoms. The standard InChI is InChI=1S/C10H20N4O2S/c1-17(15,16)14-7-2-4-9(14)8-13-10-11-5-3-6-12-10/h9H,2-8H2,1H3,(H2,11,12,13)/t9-/m1/s1. The zero-order valence-electron chi connectivity index (χ0n) is 10.1. The lowest BCUT2D eigenvalue weighted by Crippen LogP contribution is -2.47. The van der Waals surface area contributed by atoms with E-state index in [0.717, 1.165) is 38.3 Å². The summed E-state index contributed by atoms with van der Waals surface area (Å²) in [5.41, 5.74) is 0. The molecular weight excluding hydrogens is 240 g/mol. The Bertz CT molecular complexity index is 393. The second-order valence-electron chi connectivity index (χ2n) is 4.56. The van der Waals surface area contributed by atoms with E-state index in [-0.39, 0.29) is 6.04 Å². The van der Waals surface area contributed by atoms with Crippen molar-refractivity contribution in [1.29, 1.82) is 0 Å². The van der Waals surface area contributed by atoms with Gasteiger partial charge in [0.1, 0.15) is 0 Å². The summed E-state index contributed by atoms with van der Waals surface area (Å²) < 4.78 is 24.7. The van der Waals surface area contributed by atoms with Crippen LogP contribution in [0.15, 0.2) is 4.99 Å². The van der Waals surface area contributed by atoms with Gasteiger partial charge in [0.2, 0.25) is 10.0 Å². The maximum atomic E-state index is 11.5. The number of nitrogens with zero attached hydrogens (tertiary/aromatic N) is 2. The normalized spacial score (nSPS) is 26.4. The van der Waals surface area contributed by atoms with Gasteiger partial charge < -0.3 is 10.6 Å². The summed E-state index contributed by atoms with van der Waals surface area (Å²) in [5, 5.41) is 6.37. The predicted octanol–water partition coefficient (Wildman–Crippen LogP) is -0.651. The van der Waals surface area contributed by atoms with Crippen LogP contribution >= 0.6 is 0 Å². The van der Waals surface area contributed by atoms with Crippen LogP contribution in [-0.4, -0.2) is 57.2 Å². The van der Waals surface area contributed by atoms with E-state index in [9.17, 15) is 8.42 Å². The van der Waals surface area contributed by atoms with Crippen molar-refractivity contribution in [3.05, 3.63) is 0 Å². The third-order valence-electron chi connectivity index (χ3n) is 3.15. The minimum Gasteiger partial charge on any atom is -0.356 e. The first-order valence-electron chi connectivity index (χ1n) is 6.06. The molecule has 6 nitrogen and oxygen atoms in total. The number of hydrogen-bond donors (Lipinski definition) is 2. The fraction of sp³-hybridized carbons (Fsp3) is 0.900. The summed E-state index contributed by atoms with van der Waals surface area (Å²) in [6.07, 6.45) is 4.21. The first-order valence-corrected chi connectivity index (χ1v) is 7.91. The lowest BCUT2D eigenvalue weighted by Gasteiger charge is -2.24. The molecule has 0 aromatic rings. The van der Waals surface area contributed by atoms with Gasteiger partial charge in [-0.1, -0.05) is 0 Å². The highest BCUT2D eigenvalue weighted by Crippen LogP contribution is 2.19. The van der Waals surface area contributed by atoms with E-state index >= 15 is 0 Å². The first-order chi connectivity index (χ1) is 8.07. The van der Waals surface area contributed by atoms with E-state index in [0.29, 0.717) is 13.1 Å². The fourth-order valence-corrected chi connectivity index (χ4v) is 3.50. The second-order valence-corrected chi connectivity index (χ2v) is 6.50. The molecule has 98 valence electrons. The van der Waals surface area contributed by atoms with Crippen molar-refractivity contribution in [2.75, 3.05) is 32.4 Å². The molecule has 0 aromatic carbocycles. The van der Waals surface area contributed by atoms with E-state index in [4.69, 9.17) is 0 Å². The molecule has 0 saturated carbocycles. The molecule has 2 N–H and O–H groups in total. The van der Waals surface area contributed by atoms with Crippen molar-refractivity contribution < 1.29 is 8.42 Å². The van der Waals surface area contributed by atoms with Crippen LogP contribution in [0.1, 0.15) is 19.3 Å². The van der Waals surface area contributed by atoms with Gasteiger partial charge in [0.15, 0.2) is 5.96 Å². The van der Waals surface area contributed by atoms with Crippen LogP contribution in [0.5, 0.6) is 0 Å². The Balaban J connectivity index is 1.88. The molecule has 2 rings (SSSR count). The predicted molar refractivity (Wildman–Crippen MR) is 67.5 cm³/mol. The highest BCUT2D eigenvalue weighted by Gasteiger charge is 2.31. The summed E-state index contributed by atoms with van der Waals surface area (Å²) in [5.74, 6) is 0.802. The summed E-state index contributed by atoms with van der Waals surface area (Å²) in [6.45, 7) is 3.06. The van der Waals surface area contributed by atoms with Crippen molar-refractivity contribution in [3.63, 3.8) is 0 Å². The minimum atomic E-state index is -3.07. The third-order valence-corrected chi connectivity index (χ3v) is 4.48. The zero-order valence-corrected chi connectivity index (χ0v) is 11.0. The Morgan fingerprint density at radius 3 is 3.00 bits per heavy atom. The average molecular weight is 260 g/mol. The van der Waals surface area contributed by atoms with Crippen LogP contribution in [0.4, 0.5) is 0 Å². The number of guanidine groups is 1. The molecule has 2 heterocycles. The third kappa shape index (κ3) is 3.32. The molecule has 1 fully saturated rings. The van der Waals surface area contributed by atoms with Gasteiger partial charge in [-0.2, -0.15) is 4.31 Å². The minimum absolute atomic E-state index is 0.0661. The van der Waals surface area contributed by atoms with Gasteiger partial charge in [0.05, 0.1) is 6.26 Å². The van der Waals surface area contributed by atoms with Gasteiger partial charge in [-0.25, -0.2) is 8.42 Å². The van der Waals surface area contributed by atoms with Crippen LogP contribution in [-0.2, 0) is 10.0 Å². The Morgan fingerprint density at radius 1 is 1.53 bits per heavy atom. The number of nitrogens with one attached hydrogen (secondary N) is 2. The Kier molecular flexibility index (Phi) is 3.88. The van der Waals surface area contributed by atoms with Crippen molar-refractivity contribution in [1.82, 2.24) is 14.9 Å². The quantitative estimate of drug-likeness (QED) is 0.707. The van der Waals surface area contributed by atoms with Crippen molar-refractivity contribution in [2.24, 2.45) is 4.99 Å². The molecule has 0 amide bonds. The van der Waals surface area contributed by atoms with Gasteiger partial charge in [-0.15, -0.1) is 0 Å². The second kappa shape index (κ2) is 5.22. The lowest BCUT2D eigenvalue weighted by molar-refractivity contribution is 0.387. The number of sulfonamides is 1. The van der Waals surface area contributed by atoms with Gasteiger partial charge in [-0.05, 0) is 19.3 Å². The Morgan fingerprint density at radius 2 is 2.35 bits per heavy atom. The van der Waals surface area contributed by atoms with Crippen LogP contribution < -0.4 is 10.6 Å². The molecule has 0 bridgehead atoms. The maximum absolute atomic E-state index is 11.5. The van der Waals surface area contributed by atoms with E-state index in [2.05, 4.69) is 15.6 Å². The molecule has 2 aliphatic heterocycles. The summed E-state index contributed by atoms with van der Waals surface area (Å²) >= 11 is 0. The first kappa shape index (κ1) is 12.6. The van der Waals surface area contributed by atoms with Gasteiger partial charge in [-0.3, -0.25) is 4.99 Å². The lowest BCUT2D eigenvalue weighted by atomic mass is 10.2. The number of rotatable bonds is 3. The van der Waals surface area contributed by atoms with Crippen LogP contribution in [0.25, 0.3) is 0 Å². The zero-order chi connectivity index (χ0) is 12.3. The molecule has 7 heteroatoms. The van der Waals surface area contributed by atoms with Gasteiger partial charge >= 0.3 is 0 Å². The smallest absolute Gasteiger partial charge is 0.211 e. The number of hydrogen-bond acceptors (Lipinski definition) is 5. The molecule has 0 unspecified atom stereocenters. The van der Waals surface area contributed by atoms with Crippen LogP contribution in [0.2, 0.25) is 0 Å². The van der Waals surface area contributed by atoms with E-state index in [1.807, 2.05) is 0 Å². The molecule has 0 aliphatic carbocycles. The Labute approximate surface area is 103 Å². The van der Waals surface area contributed by atoms with Crippen LogP contribution in [0, 0.1) is 0 Å². The molecule has 0 aromatic heterocycles. The number of aliphatic imine (C=N–C) groups is 1. The molecule has 2 aliphatic rings. The SMILES string of the molecule is CS(=O)(=O)N1CCC[C@@H]1CNC1=NCCCN1. The van der Waals surface area contributed by atoms with Gasteiger partial charge in [0, 0.05) is 32.2 Å². The largest absolute Gasteiger partial charge is 0.356 e. The average Bonchev–Trinajstić information content (AvgIpc) is 2.75. The summed E-state index contributed by atoms with van der Waals surface area (Å²) in [6, 6.07) is 0.0661. The summed E-state index contributed by atoms with van der Waals surface area (Å²) in [7, 11) is -3.07. The van der Waals surface area contributed by atoms with E-state index in [1.165, 1.54) is 6.26 Å². The molecule has 0 radical (unpaired) electrons. The Hall–Kier alpha value is -0.820. The topological polar surface area (TPSA) is 73.8 Å². The van der Waals surface area contributed by atoms with Crippen LogP contribution in [0.3, 0.4) is 0 Å². The maximum Gasteiger partial charge on any atom is 0.211 e. The molecular formula is C10H20N4O2S. The van der Waals surface area contributed by atoms with E-state index in [1.54, 1.807) is 4.31 Å². The molecule has 1 atom stereocenters. The highest BCUT2D eigenvalue weighted by atomic mass is 32.2. The highest BCUT2D eigenvalue weighted by molar-refractivity contribution is 7.88. The summed E-state index contributed by atoms with van der Waals surface area (Å²) in [4.78, 5) is 4.30. The van der Waals surface area contributed by atoms with Gasteiger partial charge in [0.25, 0.3) is 0 Å². The van der Waals surface area contributed by atoms with E-state index < -0.39 is 10.0 Å². The molecule has 1 saturated heterocycles. The van der Waals surface area contributed by atoms with Crippen molar-refractivity contribution in [2.45, 2.75) is 25.3 Å². The van der Waals surface area contributed by atoms with Crippen molar-refractivity contribution >= 4 is 16.0 Å². The van der Waals surface area contributed by atoms with Crippen molar-refractivity contribution in [3.8, 4) is 0 Å². The molecule has 0 spiro atoms. The fourth-order valence-electron chi connectivity index (χ4n) is 2.32. The monoisotopic (exact) mass is 260 g/mol.